The summed E-state index contributed by atoms with van der Waals surface area (Å²) >= 11 is 0. The summed E-state index contributed by atoms with van der Waals surface area (Å²) in [7, 11) is 0. The first-order valence-electron chi connectivity index (χ1n) is 33.7. The predicted molar refractivity (Wildman–Crippen MR) is 344 cm³/mol. The Bertz CT molecular complexity index is 1540. The molecule has 0 amide bonds. The molecule has 0 aliphatic carbocycles. The van der Waals surface area contributed by atoms with Crippen LogP contribution in [-0.4, -0.2) is 37.2 Å². The molecular weight excluding hydrogens is 973 g/mol. The molecule has 0 rings (SSSR count). The average molecular weight is 1100 g/mol. The summed E-state index contributed by atoms with van der Waals surface area (Å²) in [6.07, 6.45) is 90.0. The Hall–Kier alpha value is -3.67. The van der Waals surface area contributed by atoms with Gasteiger partial charge in [0.25, 0.3) is 0 Å². The summed E-state index contributed by atoms with van der Waals surface area (Å²) in [4.78, 5) is 38.4. The van der Waals surface area contributed by atoms with Crippen LogP contribution in [0.5, 0.6) is 0 Å². The molecule has 0 heterocycles. The van der Waals surface area contributed by atoms with Crippen molar-refractivity contribution in [1.82, 2.24) is 0 Å². The number of ether oxygens (including phenoxy) is 3. The number of unbranched alkanes of at least 4 members (excludes halogenated alkanes) is 34. The highest BCUT2D eigenvalue weighted by Gasteiger charge is 2.19. The van der Waals surface area contributed by atoms with Crippen LogP contribution in [0.2, 0.25) is 0 Å². The third-order valence-electron chi connectivity index (χ3n) is 14.6. The van der Waals surface area contributed by atoms with Gasteiger partial charge < -0.3 is 14.2 Å². The van der Waals surface area contributed by atoms with Crippen LogP contribution in [0.15, 0.2) is 97.2 Å². The maximum absolute atomic E-state index is 12.9. The van der Waals surface area contributed by atoms with E-state index < -0.39 is 6.10 Å². The van der Waals surface area contributed by atoms with E-state index in [1.165, 1.54) is 180 Å². The largest absolute Gasteiger partial charge is 0.462 e. The van der Waals surface area contributed by atoms with E-state index >= 15 is 0 Å². The SMILES string of the molecule is CC/C=C\C/C=C\C/C=C\C/C=C\CCCCCCCCCCCCCCC(=O)OCC(COC(=O)CCCC/C=C\C/C=C\C/C=C\C/C=C\CC)OC(=O)CCCCCCCCCCCCCCCCCCCCCCC. The lowest BCUT2D eigenvalue weighted by Gasteiger charge is -2.18. The summed E-state index contributed by atoms with van der Waals surface area (Å²) in [6.45, 7) is 6.42. The standard InChI is InChI=1S/C73H126O6/c1-4-7-10-13-16-19-22-25-28-30-32-34-35-36-37-39-40-42-45-48-51-54-57-60-63-66-72(75)78-69-70(68-77-71(74)65-62-59-56-53-50-47-44-27-24-21-18-15-12-9-6-3)79-73(76)67-64-61-58-55-52-49-46-43-41-38-33-31-29-26-23-20-17-14-11-8-5-2/h7,9-10,12,16,18-19,21,25,27-28,32,34,44,50,53,70H,4-6,8,11,13-15,17,20,22-24,26,29-31,33,35-43,45-49,51-52,54-69H2,1-3H3/b10-7-,12-9-,19-16-,21-18-,28-25-,34-32-,44-27-,53-50-. The lowest BCUT2D eigenvalue weighted by Crippen LogP contribution is -2.30. The monoisotopic (exact) mass is 1100 g/mol. The van der Waals surface area contributed by atoms with Crippen molar-refractivity contribution in [2.45, 2.75) is 335 Å². The average Bonchev–Trinajstić information content (AvgIpc) is 3.45. The molecule has 0 aromatic rings. The van der Waals surface area contributed by atoms with Crippen LogP contribution in [0, 0.1) is 0 Å². The highest BCUT2D eigenvalue weighted by atomic mass is 16.6. The number of rotatable bonds is 61. The van der Waals surface area contributed by atoms with Gasteiger partial charge in [-0.2, -0.15) is 0 Å². The van der Waals surface area contributed by atoms with Gasteiger partial charge in [-0.1, -0.05) is 311 Å². The van der Waals surface area contributed by atoms with E-state index in [9.17, 15) is 14.4 Å². The molecule has 0 fully saturated rings. The molecular formula is C73H126O6. The second kappa shape index (κ2) is 66.8. The van der Waals surface area contributed by atoms with Crippen molar-refractivity contribution in [2.24, 2.45) is 0 Å². The molecule has 6 heteroatoms. The van der Waals surface area contributed by atoms with E-state index in [1.54, 1.807) is 0 Å². The minimum Gasteiger partial charge on any atom is -0.462 e. The predicted octanol–water partition coefficient (Wildman–Crippen LogP) is 23.2. The minimum absolute atomic E-state index is 0.0890. The molecule has 0 saturated heterocycles. The molecule has 0 N–H and O–H groups in total. The summed E-state index contributed by atoms with van der Waals surface area (Å²) in [5, 5.41) is 0. The van der Waals surface area contributed by atoms with Gasteiger partial charge in [0, 0.05) is 19.3 Å². The Labute approximate surface area is 489 Å². The van der Waals surface area contributed by atoms with Crippen molar-refractivity contribution in [3.8, 4) is 0 Å². The number of carbonyl (C=O) groups is 3. The van der Waals surface area contributed by atoms with Crippen LogP contribution in [0.3, 0.4) is 0 Å². The topological polar surface area (TPSA) is 78.9 Å². The van der Waals surface area contributed by atoms with Crippen LogP contribution in [0.4, 0.5) is 0 Å². The molecule has 0 spiro atoms. The van der Waals surface area contributed by atoms with Crippen molar-refractivity contribution in [3.05, 3.63) is 97.2 Å². The van der Waals surface area contributed by atoms with Crippen LogP contribution in [0.25, 0.3) is 0 Å². The Morgan fingerprint density at radius 2 is 0.494 bits per heavy atom. The fourth-order valence-electron chi connectivity index (χ4n) is 9.60. The Balaban J connectivity index is 4.34. The third-order valence-corrected chi connectivity index (χ3v) is 14.6. The van der Waals surface area contributed by atoms with Gasteiger partial charge in [-0.15, -0.1) is 0 Å². The van der Waals surface area contributed by atoms with E-state index in [0.717, 1.165) is 109 Å². The zero-order chi connectivity index (χ0) is 57.1. The molecule has 1 atom stereocenters. The second-order valence-electron chi connectivity index (χ2n) is 22.3. The normalized spacial score (nSPS) is 12.7. The lowest BCUT2D eigenvalue weighted by atomic mass is 10.0. The first kappa shape index (κ1) is 75.3. The van der Waals surface area contributed by atoms with Crippen LogP contribution < -0.4 is 0 Å². The van der Waals surface area contributed by atoms with E-state index in [1.807, 2.05) is 0 Å². The number of carbonyl (C=O) groups excluding carboxylic acids is 3. The van der Waals surface area contributed by atoms with Gasteiger partial charge in [0.2, 0.25) is 0 Å². The zero-order valence-electron chi connectivity index (χ0n) is 52.1. The maximum Gasteiger partial charge on any atom is 0.306 e. The van der Waals surface area contributed by atoms with Crippen LogP contribution >= 0.6 is 0 Å². The number of esters is 3. The Kier molecular flexibility index (Phi) is 63.7. The van der Waals surface area contributed by atoms with Gasteiger partial charge in [-0.25, -0.2) is 0 Å². The number of hydrogen-bond acceptors (Lipinski definition) is 6. The van der Waals surface area contributed by atoms with E-state index in [-0.39, 0.29) is 31.1 Å². The smallest absolute Gasteiger partial charge is 0.306 e. The molecule has 0 bridgehead atoms. The highest BCUT2D eigenvalue weighted by Crippen LogP contribution is 2.17. The molecule has 6 nitrogen and oxygen atoms in total. The summed E-state index contributed by atoms with van der Waals surface area (Å²) in [6, 6.07) is 0. The summed E-state index contributed by atoms with van der Waals surface area (Å²) in [5.74, 6) is -0.918. The zero-order valence-corrected chi connectivity index (χ0v) is 52.1. The van der Waals surface area contributed by atoms with E-state index in [2.05, 4.69) is 118 Å². The molecule has 79 heavy (non-hydrogen) atoms. The fraction of sp³-hybridized carbons (Fsp3) is 0.740. The molecule has 0 aliphatic heterocycles. The quantitative estimate of drug-likeness (QED) is 0.0261. The highest BCUT2D eigenvalue weighted by molar-refractivity contribution is 5.71. The van der Waals surface area contributed by atoms with E-state index in [0.29, 0.717) is 19.3 Å². The van der Waals surface area contributed by atoms with Gasteiger partial charge in [0.05, 0.1) is 0 Å². The van der Waals surface area contributed by atoms with Crippen LogP contribution in [-0.2, 0) is 28.6 Å². The molecule has 0 aliphatic rings. The third kappa shape index (κ3) is 65.0. The van der Waals surface area contributed by atoms with E-state index in [4.69, 9.17) is 14.2 Å². The Morgan fingerprint density at radius 3 is 0.797 bits per heavy atom. The lowest BCUT2D eigenvalue weighted by molar-refractivity contribution is -0.167. The van der Waals surface area contributed by atoms with Crippen molar-refractivity contribution in [2.75, 3.05) is 13.2 Å². The fourth-order valence-corrected chi connectivity index (χ4v) is 9.60. The number of allylic oxidation sites excluding steroid dienone is 16. The molecule has 454 valence electrons. The Morgan fingerprint density at radius 1 is 0.266 bits per heavy atom. The number of hydrogen-bond donors (Lipinski definition) is 0. The van der Waals surface area contributed by atoms with Crippen molar-refractivity contribution in [1.29, 1.82) is 0 Å². The molecule has 0 aromatic carbocycles. The van der Waals surface area contributed by atoms with Crippen molar-refractivity contribution >= 4 is 17.9 Å². The van der Waals surface area contributed by atoms with Crippen molar-refractivity contribution < 1.29 is 28.6 Å². The van der Waals surface area contributed by atoms with Crippen molar-refractivity contribution in [3.63, 3.8) is 0 Å². The van der Waals surface area contributed by atoms with Gasteiger partial charge in [0.1, 0.15) is 13.2 Å². The molecule has 0 saturated carbocycles. The first-order valence-corrected chi connectivity index (χ1v) is 33.7. The first-order chi connectivity index (χ1) is 39.0. The summed E-state index contributed by atoms with van der Waals surface area (Å²) in [5.41, 5.74) is 0. The van der Waals surface area contributed by atoms with Gasteiger partial charge in [0.15, 0.2) is 6.10 Å². The van der Waals surface area contributed by atoms with Crippen LogP contribution in [0.1, 0.15) is 329 Å². The van der Waals surface area contributed by atoms with Gasteiger partial charge in [-0.05, 0) is 96.3 Å². The van der Waals surface area contributed by atoms with Gasteiger partial charge in [-0.3, -0.25) is 14.4 Å². The molecule has 0 aromatic heterocycles. The second-order valence-corrected chi connectivity index (χ2v) is 22.3. The minimum atomic E-state index is -0.796. The summed E-state index contributed by atoms with van der Waals surface area (Å²) < 4.78 is 16.9. The van der Waals surface area contributed by atoms with Gasteiger partial charge >= 0.3 is 17.9 Å². The molecule has 0 radical (unpaired) electrons. The maximum atomic E-state index is 12.9. The molecule has 1 unspecified atom stereocenters.